The Labute approximate surface area is 89.9 Å². The molecule has 0 atom stereocenters. The molecule has 0 heterocycles. The van der Waals surface area contributed by atoms with Crippen molar-refractivity contribution >= 4 is 5.97 Å². The molecule has 3 nitrogen and oxygen atoms in total. The molecule has 82 valence electrons. The molecule has 0 unspecified atom stereocenters. The van der Waals surface area contributed by atoms with Crippen molar-refractivity contribution in [3.63, 3.8) is 0 Å². The SMILES string of the molecule is Cc1cc(C(=O)O)cc(CCCN)c1C. The molecular formula is C12H17NO2. The Hall–Kier alpha value is -1.35. The summed E-state index contributed by atoms with van der Waals surface area (Å²) in [4.78, 5) is 10.9. The highest BCUT2D eigenvalue weighted by Crippen LogP contribution is 2.17. The van der Waals surface area contributed by atoms with Gasteiger partial charge in [-0.2, -0.15) is 0 Å². The van der Waals surface area contributed by atoms with Gasteiger partial charge in [-0.25, -0.2) is 4.79 Å². The lowest BCUT2D eigenvalue weighted by atomic mass is 9.96. The van der Waals surface area contributed by atoms with E-state index in [9.17, 15) is 4.79 Å². The number of aromatic carboxylic acids is 1. The van der Waals surface area contributed by atoms with Gasteiger partial charge in [0, 0.05) is 0 Å². The summed E-state index contributed by atoms with van der Waals surface area (Å²) in [7, 11) is 0. The highest BCUT2D eigenvalue weighted by Gasteiger charge is 2.08. The van der Waals surface area contributed by atoms with E-state index in [-0.39, 0.29) is 0 Å². The molecule has 0 saturated heterocycles. The molecule has 0 aliphatic carbocycles. The summed E-state index contributed by atoms with van der Waals surface area (Å²) in [5.74, 6) is -0.868. The van der Waals surface area contributed by atoms with Crippen molar-refractivity contribution in [3.8, 4) is 0 Å². The van der Waals surface area contributed by atoms with Crippen LogP contribution in [0.4, 0.5) is 0 Å². The quantitative estimate of drug-likeness (QED) is 0.792. The van der Waals surface area contributed by atoms with E-state index < -0.39 is 5.97 Å². The number of hydrogen-bond acceptors (Lipinski definition) is 2. The standard InChI is InChI=1S/C12H17NO2/c1-8-6-11(12(14)15)7-10(9(8)2)4-3-5-13/h6-7H,3-5,13H2,1-2H3,(H,14,15). The lowest BCUT2D eigenvalue weighted by molar-refractivity contribution is 0.0696. The maximum Gasteiger partial charge on any atom is 0.335 e. The number of rotatable bonds is 4. The van der Waals surface area contributed by atoms with Gasteiger partial charge < -0.3 is 10.8 Å². The summed E-state index contributed by atoms with van der Waals surface area (Å²) < 4.78 is 0. The first-order valence-electron chi connectivity index (χ1n) is 5.09. The van der Waals surface area contributed by atoms with Crippen LogP contribution in [0.15, 0.2) is 12.1 Å². The van der Waals surface area contributed by atoms with Crippen LogP contribution in [0.2, 0.25) is 0 Å². The van der Waals surface area contributed by atoms with E-state index >= 15 is 0 Å². The highest BCUT2D eigenvalue weighted by atomic mass is 16.4. The number of benzene rings is 1. The van der Waals surface area contributed by atoms with Gasteiger partial charge in [0.1, 0.15) is 0 Å². The fourth-order valence-electron chi connectivity index (χ4n) is 1.61. The molecule has 0 aromatic heterocycles. The third kappa shape index (κ3) is 2.80. The van der Waals surface area contributed by atoms with Crippen molar-refractivity contribution in [2.24, 2.45) is 5.73 Å². The van der Waals surface area contributed by atoms with Crippen molar-refractivity contribution in [3.05, 3.63) is 34.4 Å². The molecule has 1 aromatic carbocycles. The molecule has 15 heavy (non-hydrogen) atoms. The number of carboxylic acids is 1. The fourth-order valence-corrected chi connectivity index (χ4v) is 1.61. The van der Waals surface area contributed by atoms with Crippen molar-refractivity contribution < 1.29 is 9.90 Å². The zero-order chi connectivity index (χ0) is 11.4. The molecule has 0 aliphatic heterocycles. The Kier molecular flexibility index (Phi) is 3.86. The van der Waals surface area contributed by atoms with Crippen molar-refractivity contribution in [1.82, 2.24) is 0 Å². The van der Waals surface area contributed by atoms with Gasteiger partial charge in [-0.05, 0) is 62.1 Å². The molecule has 0 radical (unpaired) electrons. The summed E-state index contributed by atoms with van der Waals surface area (Å²) >= 11 is 0. The molecule has 0 saturated carbocycles. The number of carbonyl (C=O) groups is 1. The number of nitrogens with two attached hydrogens (primary N) is 1. The van der Waals surface area contributed by atoms with Gasteiger partial charge in [0.25, 0.3) is 0 Å². The monoisotopic (exact) mass is 207 g/mol. The minimum atomic E-state index is -0.868. The van der Waals surface area contributed by atoms with Gasteiger partial charge in [0.2, 0.25) is 0 Å². The minimum absolute atomic E-state index is 0.366. The number of carboxylic acid groups (broad SMARTS) is 1. The van der Waals surface area contributed by atoms with Crippen LogP contribution in [0.3, 0.4) is 0 Å². The second-order valence-electron chi connectivity index (χ2n) is 3.77. The van der Waals surface area contributed by atoms with Crippen molar-refractivity contribution in [2.75, 3.05) is 6.54 Å². The summed E-state index contributed by atoms with van der Waals surface area (Å²) in [6.07, 6.45) is 1.74. The fraction of sp³-hybridized carbons (Fsp3) is 0.417. The van der Waals surface area contributed by atoms with Crippen molar-refractivity contribution in [2.45, 2.75) is 26.7 Å². The summed E-state index contributed by atoms with van der Waals surface area (Å²) in [6.45, 7) is 4.59. The smallest absolute Gasteiger partial charge is 0.335 e. The van der Waals surface area contributed by atoms with Gasteiger partial charge in [0.15, 0.2) is 0 Å². The van der Waals surface area contributed by atoms with Gasteiger partial charge >= 0.3 is 5.97 Å². The topological polar surface area (TPSA) is 63.3 Å². The molecular weight excluding hydrogens is 190 g/mol. The van der Waals surface area contributed by atoms with Gasteiger partial charge in [-0.1, -0.05) is 0 Å². The lowest BCUT2D eigenvalue weighted by Gasteiger charge is -2.09. The van der Waals surface area contributed by atoms with Gasteiger partial charge in [-0.3, -0.25) is 0 Å². The van der Waals surface area contributed by atoms with Crippen LogP contribution in [0.25, 0.3) is 0 Å². The molecule has 0 fully saturated rings. The van der Waals surface area contributed by atoms with Crippen molar-refractivity contribution in [1.29, 1.82) is 0 Å². The van der Waals surface area contributed by atoms with E-state index in [4.69, 9.17) is 10.8 Å². The summed E-state index contributed by atoms with van der Waals surface area (Å²) in [6, 6.07) is 3.46. The minimum Gasteiger partial charge on any atom is -0.478 e. The average molecular weight is 207 g/mol. The van der Waals surface area contributed by atoms with E-state index in [1.54, 1.807) is 12.1 Å². The number of aryl methyl sites for hydroxylation is 2. The molecule has 3 heteroatoms. The van der Waals surface area contributed by atoms with E-state index in [1.165, 1.54) is 5.56 Å². The van der Waals surface area contributed by atoms with Crippen LogP contribution < -0.4 is 5.73 Å². The first kappa shape index (κ1) is 11.7. The maximum atomic E-state index is 10.9. The molecule has 0 spiro atoms. The van der Waals surface area contributed by atoms with E-state index in [1.807, 2.05) is 13.8 Å². The van der Waals surface area contributed by atoms with Gasteiger partial charge in [-0.15, -0.1) is 0 Å². The van der Waals surface area contributed by atoms with Crippen LogP contribution in [-0.2, 0) is 6.42 Å². The molecule has 0 bridgehead atoms. The zero-order valence-electron chi connectivity index (χ0n) is 9.21. The Morgan fingerprint density at radius 1 is 1.40 bits per heavy atom. The third-order valence-electron chi connectivity index (χ3n) is 2.67. The van der Waals surface area contributed by atoms with Crippen LogP contribution in [-0.4, -0.2) is 17.6 Å². The summed E-state index contributed by atoms with van der Waals surface area (Å²) in [5, 5.41) is 8.93. The van der Waals surface area contributed by atoms with Crippen LogP contribution in [0, 0.1) is 13.8 Å². The second-order valence-corrected chi connectivity index (χ2v) is 3.77. The van der Waals surface area contributed by atoms with Crippen LogP contribution in [0.5, 0.6) is 0 Å². The van der Waals surface area contributed by atoms with Crippen LogP contribution in [0.1, 0.15) is 33.5 Å². The largest absolute Gasteiger partial charge is 0.478 e. The Balaban J connectivity index is 3.07. The Morgan fingerprint density at radius 3 is 2.60 bits per heavy atom. The second kappa shape index (κ2) is 4.94. The van der Waals surface area contributed by atoms with E-state index in [0.29, 0.717) is 12.1 Å². The number of hydrogen-bond donors (Lipinski definition) is 2. The molecule has 0 amide bonds. The van der Waals surface area contributed by atoms with Crippen LogP contribution >= 0.6 is 0 Å². The average Bonchev–Trinajstić information content (AvgIpc) is 2.19. The molecule has 0 aliphatic rings. The first-order valence-corrected chi connectivity index (χ1v) is 5.09. The molecule has 1 rings (SSSR count). The Morgan fingerprint density at radius 2 is 2.07 bits per heavy atom. The third-order valence-corrected chi connectivity index (χ3v) is 2.67. The predicted octanol–water partition coefficient (Wildman–Crippen LogP) is 1.89. The highest BCUT2D eigenvalue weighted by molar-refractivity contribution is 5.88. The lowest BCUT2D eigenvalue weighted by Crippen LogP contribution is -2.05. The first-order chi connectivity index (χ1) is 7.06. The van der Waals surface area contributed by atoms with E-state index in [2.05, 4.69) is 0 Å². The molecule has 3 N–H and O–H groups in total. The van der Waals surface area contributed by atoms with E-state index in [0.717, 1.165) is 24.0 Å². The maximum absolute atomic E-state index is 10.9. The summed E-state index contributed by atoms with van der Waals surface area (Å²) in [5.41, 5.74) is 9.11. The zero-order valence-corrected chi connectivity index (χ0v) is 9.21. The van der Waals surface area contributed by atoms with Gasteiger partial charge in [0.05, 0.1) is 5.56 Å². The normalized spacial score (nSPS) is 10.3. The Bertz CT molecular complexity index is 372. The predicted molar refractivity (Wildman–Crippen MR) is 60.3 cm³/mol. The molecule has 1 aromatic rings.